The molecule has 0 bridgehead atoms. The Hall–Kier alpha value is -2.16. The maximum Gasteiger partial charge on any atom is 0.396 e. The number of ether oxygens (including phenoxy) is 2. The second-order valence-corrected chi connectivity index (χ2v) is 9.58. The van der Waals surface area contributed by atoms with Crippen molar-refractivity contribution >= 4 is 23.8 Å². The van der Waals surface area contributed by atoms with E-state index in [0.29, 0.717) is 19.5 Å². The third kappa shape index (κ3) is 24.0. The van der Waals surface area contributed by atoms with E-state index in [2.05, 4.69) is 17.6 Å². The molecule has 2 amide bonds. The maximum atomic E-state index is 11.8. The molecule has 0 aromatic rings. The van der Waals surface area contributed by atoms with Crippen LogP contribution in [0.2, 0.25) is 0 Å². The van der Waals surface area contributed by atoms with Gasteiger partial charge in [-0.2, -0.15) is 0 Å². The number of nitrogens with two attached hydrogens (primary N) is 1. The lowest BCUT2D eigenvalue weighted by Crippen LogP contribution is -2.33. The Morgan fingerprint density at radius 1 is 0.514 bits per heavy atom. The van der Waals surface area contributed by atoms with Gasteiger partial charge in [0.05, 0.1) is 13.2 Å². The van der Waals surface area contributed by atoms with E-state index < -0.39 is 23.8 Å². The number of amides is 2. The quantitative estimate of drug-likeness (QED) is 0.0966. The lowest BCUT2D eigenvalue weighted by molar-refractivity contribution is -0.155. The molecule has 216 valence electrons. The minimum absolute atomic E-state index is 0.246. The van der Waals surface area contributed by atoms with E-state index in [1.165, 1.54) is 32.1 Å². The molecule has 4 N–H and O–H groups in total. The molecule has 0 radical (unpaired) electrons. The van der Waals surface area contributed by atoms with Gasteiger partial charge in [-0.05, 0) is 38.6 Å². The van der Waals surface area contributed by atoms with Crippen LogP contribution in [0.4, 0.5) is 0 Å². The Morgan fingerprint density at radius 2 is 0.865 bits per heavy atom. The van der Waals surface area contributed by atoms with Gasteiger partial charge in [-0.25, -0.2) is 9.59 Å². The highest BCUT2D eigenvalue weighted by Gasteiger charge is 2.15. The van der Waals surface area contributed by atoms with Crippen molar-refractivity contribution in [2.75, 3.05) is 32.8 Å². The molecular formula is C28H53N3O6. The molecule has 0 aromatic heterocycles. The van der Waals surface area contributed by atoms with Gasteiger partial charge < -0.3 is 25.8 Å². The fourth-order valence-electron chi connectivity index (χ4n) is 3.80. The molecule has 0 rings (SSSR count). The third-order valence-electron chi connectivity index (χ3n) is 6.11. The molecule has 0 atom stereocenters. The standard InChI is InChI=1S/C28H53N3O6/c1-2-3-4-11-16-21-30-25(32)27(34)37-24-19-14-9-7-12-17-22-31-26(33)28(35)36-23-18-13-8-5-6-10-15-20-29/h2-24,29H2,1H3,(H,30,32)(H,31,33). The third-order valence-corrected chi connectivity index (χ3v) is 6.11. The molecule has 0 aliphatic rings. The topological polar surface area (TPSA) is 137 Å². The zero-order valence-corrected chi connectivity index (χ0v) is 23.3. The molecular weight excluding hydrogens is 474 g/mol. The predicted molar refractivity (Wildman–Crippen MR) is 146 cm³/mol. The fraction of sp³-hybridized carbons (Fsp3) is 0.857. The van der Waals surface area contributed by atoms with E-state index in [1.807, 2.05) is 0 Å². The second kappa shape index (κ2) is 26.9. The van der Waals surface area contributed by atoms with Gasteiger partial charge in [0.1, 0.15) is 0 Å². The first-order valence-electron chi connectivity index (χ1n) is 14.6. The van der Waals surface area contributed by atoms with Crippen LogP contribution < -0.4 is 16.4 Å². The second-order valence-electron chi connectivity index (χ2n) is 9.58. The van der Waals surface area contributed by atoms with Gasteiger partial charge in [0.2, 0.25) is 0 Å². The monoisotopic (exact) mass is 527 g/mol. The van der Waals surface area contributed by atoms with Crippen LogP contribution in [-0.4, -0.2) is 56.6 Å². The molecule has 9 nitrogen and oxygen atoms in total. The summed E-state index contributed by atoms with van der Waals surface area (Å²) in [5.74, 6) is -2.95. The summed E-state index contributed by atoms with van der Waals surface area (Å²) in [6.45, 7) is 4.39. The number of carbonyl (C=O) groups is 4. The van der Waals surface area contributed by atoms with E-state index in [0.717, 1.165) is 83.6 Å². The summed E-state index contributed by atoms with van der Waals surface area (Å²) in [5.41, 5.74) is 5.47. The molecule has 0 unspecified atom stereocenters. The highest BCUT2D eigenvalue weighted by molar-refractivity contribution is 6.32. The van der Waals surface area contributed by atoms with Crippen LogP contribution in [0.1, 0.15) is 122 Å². The minimum atomic E-state index is -0.808. The SMILES string of the molecule is CCCCCCCNC(=O)C(=O)OCCCCCCCCNC(=O)C(=O)OCCCCCCCCCN. The van der Waals surface area contributed by atoms with Crippen molar-refractivity contribution in [3.8, 4) is 0 Å². The van der Waals surface area contributed by atoms with Crippen molar-refractivity contribution < 1.29 is 28.7 Å². The number of hydrogen-bond acceptors (Lipinski definition) is 7. The molecule has 37 heavy (non-hydrogen) atoms. The number of rotatable bonds is 24. The number of unbranched alkanes of at least 4 members (excludes halogenated alkanes) is 15. The summed E-state index contributed by atoms with van der Waals surface area (Å²) in [6.07, 6.45) is 18.2. The number of carbonyl (C=O) groups excluding carboxylic acids is 4. The van der Waals surface area contributed by atoms with Crippen LogP contribution in [0.25, 0.3) is 0 Å². The zero-order chi connectivity index (χ0) is 27.4. The molecule has 0 heterocycles. The average Bonchev–Trinajstić information content (AvgIpc) is 2.90. The summed E-state index contributed by atoms with van der Waals surface area (Å²) in [4.78, 5) is 46.8. The first-order valence-corrected chi connectivity index (χ1v) is 14.6. The molecule has 0 fully saturated rings. The van der Waals surface area contributed by atoms with Gasteiger partial charge in [-0.1, -0.05) is 90.4 Å². The van der Waals surface area contributed by atoms with Crippen LogP contribution in [-0.2, 0) is 28.7 Å². The largest absolute Gasteiger partial charge is 0.459 e. The van der Waals surface area contributed by atoms with Crippen LogP contribution in [0.3, 0.4) is 0 Å². The molecule has 0 aliphatic carbocycles. The van der Waals surface area contributed by atoms with Crippen LogP contribution in [0, 0.1) is 0 Å². The van der Waals surface area contributed by atoms with Crippen LogP contribution >= 0.6 is 0 Å². The molecule has 0 saturated heterocycles. The highest BCUT2D eigenvalue weighted by atomic mass is 16.5. The maximum absolute atomic E-state index is 11.8. The Kier molecular flexibility index (Phi) is 25.3. The first-order chi connectivity index (χ1) is 18.0. The molecule has 9 heteroatoms. The summed E-state index contributed by atoms with van der Waals surface area (Å²) in [5, 5.41) is 5.21. The summed E-state index contributed by atoms with van der Waals surface area (Å²) in [7, 11) is 0. The van der Waals surface area contributed by atoms with Crippen molar-refractivity contribution in [3.63, 3.8) is 0 Å². The van der Waals surface area contributed by atoms with E-state index in [4.69, 9.17) is 15.2 Å². The van der Waals surface area contributed by atoms with Gasteiger partial charge in [-0.3, -0.25) is 9.59 Å². The van der Waals surface area contributed by atoms with Crippen molar-refractivity contribution in [3.05, 3.63) is 0 Å². The number of nitrogens with one attached hydrogen (secondary N) is 2. The average molecular weight is 528 g/mol. The highest BCUT2D eigenvalue weighted by Crippen LogP contribution is 2.07. The molecule has 0 spiro atoms. The Bertz CT molecular complexity index is 600. The normalized spacial score (nSPS) is 10.6. The number of hydrogen-bond donors (Lipinski definition) is 3. The summed E-state index contributed by atoms with van der Waals surface area (Å²) in [6, 6.07) is 0. The van der Waals surface area contributed by atoms with Crippen molar-refractivity contribution in [1.29, 1.82) is 0 Å². The van der Waals surface area contributed by atoms with Gasteiger partial charge >= 0.3 is 23.8 Å². The van der Waals surface area contributed by atoms with Crippen molar-refractivity contribution in [1.82, 2.24) is 10.6 Å². The fourth-order valence-corrected chi connectivity index (χ4v) is 3.80. The molecule has 0 aromatic carbocycles. The van der Waals surface area contributed by atoms with Crippen LogP contribution in [0.15, 0.2) is 0 Å². The van der Waals surface area contributed by atoms with Gasteiger partial charge in [0.15, 0.2) is 0 Å². The van der Waals surface area contributed by atoms with Crippen molar-refractivity contribution in [2.24, 2.45) is 5.73 Å². The van der Waals surface area contributed by atoms with Gasteiger partial charge in [-0.15, -0.1) is 0 Å². The van der Waals surface area contributed by atoms with E-state index in [9.17, 15) is 19.2 Å². The molecule has 0 saturated carbocycles. The Balaban J connectivity index is 3.46. The smallest absolute Gasteiger partial charge is 0.396 e. The zero-order valence-electron chi connectivity index (χ0n) is 23.3. The Labute approximate surface area is 224 Å². The van der Waals surface area contributed by atoms with Crippen LogP contribution in [0.5, 0.6) is 0 Å². The lowest BCUT2D eigenvalue weighted by atomic mass is 10.1. The first kappa shape index (κ1) is 34.8. The summed E-state index contributed by atoms with van der Waals surface area (Å²) < 4.78 is 10.0. The van der Waals surface area contributed by atoms with E-state index >= 15 is 0 Å². The predicted octanol–water partition coefficient (Wildman–Crippen LogP) is 4.31. The Morgan fingerprint density at radius 3 is 1.27 bits per heavy atom. The summed E-state index contributed by atoms with van der Waals surface area (Å²) >= 11 is 0. The van der Waals surface area contributed by atoms with Crippen molar-refractivity contribution in [2.45, 2.75) is 122 Å². The van der Waals surface area contributed by atoms with Gasteiger partial charge in [0, 0.05) is 13.1 Å². The number of esters is 2. The van der Waals surface area contributed by atoms with Gasteiger partial charge in [0.25, 0.3) is 0 Å². The van der Waals surface area contributed by atoms with E-state index in [1.54, 1.807) is 0 Å². The molecule has 0 aliphatic heterocycles. The minimum Gasteiger partial charge on any atom is -0.459 e. The lowest BCUT2D eigenvalue weighted by Gasteiger charge is -2.07. The van der Waals surface area contributed by atoms with E-state index in [-0.39, 0.29) is 13.2 Å².